The number of benzene rings is 1. The Labute approximate surface area is 87.7 Å². The number of rotatable bonds is 4. The van der Waals surface area contributed by atoms with Gasteiger partial charge in [0.15, 0.2) is 0 Å². The van der Waals surface area contributed by atoms with E-state index >= 15 is 0 Å². The molecular formula is C10H13ClFNO. The second-order valence-corrected chi connectivity index (χ2v) is 3.43. The van der Waals surface area contributed by atoms with Crippen LogP contribution in [0.25, 0.3) is 0 Å². The van der Waals surface area contributed by atoms with Crippen LogP contribution in [0.2, 0.25) is 5.02 Å². The normalized spacial score (nSPS) is 12.9. The van der Waals surface area contributed by atoms with Crippen molar-refractivity contribution in [1.82, 2.24) is 5.32 Å². The molecule has 0 heterocycles. The van der Waals surface area contributed by atoms with Gasteiger partial charge in [-0.15, -0.1) is 0 Å². The fourth-order valence-electron chi connectivity index (χ4n) is 1.37. The second-order valence-electron chi connectivity index (χ2n) is 3.02. The Morgan fingerprint density at radius 2 is 2.29 bits per heavy atom. The molecule has 0 aliphatic rings. The number of hydrogen-bond acceptors (Lipinski definition) is 2. The van der Waals surface area contributed by atoms with Gasteiger partial charge in [-0.3, -0.25) is 0 Å². The van der Waals surface area contributed by atoms with E-state index < -0.39 is 0 Å². The van der Waals surface area contributed by atoms with Crippen LogP contribution in [-0.2, 0) is 0 Å². The van der Waals surface area contributed by atoms with E-state index in [2.05, 4.69) is 5.32 Å². The predicted molar refractivity (Wildman–Crippen MR) is 54.9 cm³/mol. The minimum absolute atomic E-state index is 0.0342. The summed E-state index contributed by atoms with van der Waals surface area (Å²) in [5.41, 5.74) is 0.810. The quantitative estimate of drug-likeness (QED) is 0.810. The third kappa shape index (κ3) is 2.67. The van der Waals surface area contributed by atoms with Gasteiger partial charge in [-0.25, -0.2) is 4.39 Å². The van der Waals surface area contributed by atoms with E-state index in [-0.39, 0.29) is 18.5 Å². The number of nitrogens with one attached hydrogen (secondary N) is 1. The van der Waals surface area contributed by atoms with E-state index in [0.717, 1.165) is 5.56 Å². The van der Waals surface area contributed by atoms with Gasteiger partial charge in [0.2, 0.25) is 0 Å². The Balaban J connectivity index is 2.92. The Hall–Kier alpha value is -0.640. The third-order valence-corrected chi connectivity index (χ3v) is 2.43. The fourth-order valence-corrected chi connectivity index (χ4v) is 1.67. The predicted octanol–water partition coefficient (Wildman–Crippen LogP) is 2.12. The van der Waals surface area contributed by atoms with Crippen LogP contribution in [0.3, 0.4) is 0 Å². The molecule has 0 radical (unpaired) electrons. The zero-order valence-corrected chi connectivity index (χ0v) is 8.68. The van der Waals surface area contributed by atoms with Crippen molar-refractivity contribution in [3.05, 3.63) is 34.6 Å². The summed E-state index contributed by atoms with van der Waals surface area (Å²) in [5.74, 6) is -0.349. The summed E-state index contributed by atoms with van der Waals surface area (Å²) in [6.07, 6.45) is 0.557. The maximum absolute atomic E-state index is 12.7. The third-order valence-electron chi connectivity index (χ3n) is 2.10. The Kier molecular flexibility index (Phi) is 4.32. The molecule has 0 saturated carbocycles. The monoisotopic (exact) mass is 217 g/mol. The first-order valence-corrected chi connectivity index (χ1v) is 4.80. The lowest BCUT2D eigenvalue weighted by atomic mass is 10.0. The van der Waals surface area contributed by atoms with Crippen LogP contribution in [0.15, 0.2) is 18.2 Å². The van der Waals surface area contributed by atoms with E-state index in [9.17, 15) is 4.39 Å². The number of aliphatic hydroxyl groups is 1. The van der Waals surface area contributed by atoms with Crippen LogP contribution in [0, 0.1) is 5.82 Å². The van der Waals surface area contributed by atoms with Crippen LogP contribution >= 0.6 is 11.6 Å². The Bertz CT molecular complexity index is 306. The summed E-state index contributed by atoms with van der Waals surface area (Å²) in [4.78, 5) is 0. The molecule has 4 heteroatoms. The summed E-state index contributed by atoms with van der Waals surface area (Å²) in [6, 6.07) is 4.24. The van der Waals surface area contributed by atoms with Crippen molar-refractivity contribution in [3.63, 3.8) is 0 Å². The van der Waals surface area contributed by atoms with Crippen LogP contribution in [0.1, 0.15) is 18.0 Å². The van der Waals surface area contributed by atoms with E-state index in [1.807, 2.05) is 0 Å². The van der Waals surface area contributed by atoms with Crippen LogP contribution in [-0.4, -0.2) is 18.8 Å². The summed E-state index contributed by atoms with van der Waals surface area (Å²) >= 11 is 5.88. The molecule has 1 aromatic carbocycles. The van der Waals surface area contributed by atoms with Crippen molar-refractivity contribution in [2.45, 2.75) is 12.5 Å². The maximum atomic E-state index is 12.7. The molecule has 2 nitrogen and oxygen atoms in total. The summed E-state index contributed by atoms with van der Waals surface area (Å²) in [5, 5.41) is 12.2. The highest BCUT2D eigenvalue weighted by atomic mass is 35.5. The molecule has 0 aliphatic carbocycles. The fraction of sp³-hybridized carbons (Fsp3) is 0.400. The van der Waals surface area contributed by atoms with Gasteiger partial charge in [-0.1, -0.05) is 17.7 Å². The van der Waals surface area contributed by atoms with Crippen molar-refractivity contribution >= 4 is 11.6 Å². The molecule has 0 aliphatic heterocycles. The minimum atomic E-state index is -0.349. The topological polar surface area (TPSA) is 32.3 Å². The average Bonchev–Trinajstić information content (AvgIpc) is 2.15. The van der Waals surface area contributed by atoms with Crippen molar-refractivity contribution in [2.24, 2.45) is 0 Å². The molecule has 0 spiro atoms. The van der Waals surface area contributed by atoms with Crippen molar-refractivity contribution in [2.75, 3.05) is 13.7 Å². The minimum Gasteiger partial charge on any atom is -0.396 e. The van der Waals surface area contributed by atoms with Crippen LogP contribution in [0.4, 0.5) is 4.39 Å². The molecular weight excluding hydrogens is 205 g/mol. The van der Waals surface area contributed by atoms with Crippen LogP contribution < -0.4 is 5.32 Å². The molecule has 2 N–H and O–H groups in total. The lowest BCUT2D eigenvalue weighted by molar-refractivity contribution is 0.269. The lowest BCUT2D eigenvalue weighted by Crippen LogP contribution is -2.18. The standard InChI is InChI=1S/C10H13ClFNO/c1-13-10(4-5-14)8-3-2-7(12)6-9(8)11/h2-3,6,10,13-14H,4-5H2,1H3. The van der Waals surface area contributed by atoms with Gasteiger partial charge in [-0.2, -0.15) is 0 Å². The van der Waals surface area contributed by atoms with E-state index in [4.69, 9.17) is 16.7 Å². The van der Waals surface area contributed by atoms with Gasteiger partial charge in [0, 0.05) is 17.7 Å². The molecule has 0 saturated heterocycles. The zero-order valence-electron chi connectivity index (χ0n) is 7.93. The number of aliphatic hydroxyl groups excluding tert-OH is 1. The SMILES string of the molecule is CNC(CCO)c1ccc(F)cc1Cl. The molecule has 78 valence electrons. The number of hydrogen-bond donors (Lipinski definition) is 2. The molecule has 14 heavy (non-hydrogen) atoms. The molecule has 1 atom stereocenters. The van der Waals surface area contributed by atoms with Gasteiger partial charge in [0.25, 0.3) is 0 Å². The molecule has 1 unspecified atom stereocenters. The first kappa shape index (κ1) is 11.4. The summed E-state index contributed by atoms with van der Waals surface area (Å²) in [6.45, 7) is 0.0687. The first-order chi connectivity index (χ1) is 6.69. The number of halogens is 2. The van der Waals surface area contributed by atoms with E-state index in [1.165, 1.54) is 12.1 Å². The molecule has 0 aromatic heterocycles. The highest BCUT2D eigenvalue weighted by Gasteiger charge is 2.12. The smallest absolute Gasteiger partial charge is 0.124 e. The van der Waals surface area contributed by atoms with Crippen LogP contribution in [0.5, 0.6) is 0 Å². The van der Waals surface area contributed by atoms with Gasteiger partial charge < -0.3 is 10.4 Å². The van der Waals surface area contributed by atoms with Gasteiger partial charge in [0.05, 0.1) is 0 Å². The Morgan fingerprint density at radius 1 is 1.57 bits per heavy atom. The maximum Gasteiger partial charge on any atom is 0.124 e. The Morgan fingerprint density at radius 3 is 2.79 bits per heavy atom. The zero-order chi connectivity index (χ0) is 10.6. The summed E-state index contributed by atoms with van der Waals surface area (Å²) < 4.78 is 12.7. The molecule has 1 rings (SSSR count). The summed E-state index contributed by atoms with van der Waals surface area (Å²) in [7, 11) is 1.78. The van der Waals surface area contributed by atoms with Gasteiger partial charge in [0.1, 0.15) is 5.82 Å². The highest BCUT2D eigenvalue weighted by Crippen LogP contribution is 2.25. The van der Waals surface area contributed by atoms with E-state index in [0.29, 0.717) is 11.4 Å². The van der Waals surface area contributed by atoms with Crippen molar-refractivity contribution in [3.8, 4) is 0 Å². The van der Waals surface area contributed by atoms with Gasteiger partial charge in [-0.05, 0) is 31.2 Å². The van der Waals surface area contributed by atoms with Crippen molar-refractivity contribution < 1.29 is 9.50 Å². The molecule has 0 bridgehead atoms. The van der Waals surface area contributed by atoms with Gasteiger partial charge >= 0.3 is 0 Å². The van der Waals surface area contributed by atoms with E-state index in [1.54, 1.807) is 13.1 Å². The largest absolute Gasteiger partial charge is 0.396 e. The molecule has 1 aromatic rings. The first-order valence-electron chi connectivity index (χ1n) is 4.42. The lowest BCUT2D eigenvalue weighted by Gasteiger charge is -2.16. The highest BCUT2D eigenvalue weighted by molar-refractivity contribution is 6.31. The molecule has 0 fully saturated rings. The average molecular weight is 218 g/mol. The van der Waals surface area contributed by atoms with Crippen molar-refractivity contribution in [1.29, 1.82) is 0 Å². The second kappa shape index (κ2) is 5.29. The molecule has 0 amide bonds.